The third kappa shape index (κ3) is 2.97. The van der Waals surface area contributed by atoms with E-state index in [-0.39, 0.29) is 18.1 Å². The molecule has 114 valence electrons. The first-order valence-corrected chi connectivity index (χ1v) is 7.56. The summed E-state index contributed by atoms with van der Waals surface area (Å²) in [6, 6.07) is 3.82. The van der Waals surface area contributed by atoms with Crippen LogP contribution in [0.2, 0.25) is 0 Å². The van der Waals surface area contributed by atoms with Crippen molar-refractivity contribution in [2.24, 2.45) is 0 Å². The maximum atomic E-state index is 12.2. The third-order valence-electron chi connectivity index (χ3n) is 3.78. The molecule has 5 nitrogen and oxygen atoms in total. The molecule has 1 amide bonds. The van der Waals surface area contributed by atoms with Gasteiger partial charge in [0.1, 0.15) is 23.7 Å². The number of anilines is 1. The molecule has 5 heteroatoms. The lowest BCUT2D eigenvalue weighted by Crippen LogP contribution is -2.27. The standard InChI is InChI=1S/C16H21NO4/c1-3-19-15-8-11-7-10(2)21-14(11)9-12(15)17-16(18)13-5-4-6-20-13/h8-10,13H,3-7H2,1-2H3,(H,17,18)/t10-,13-/m1/s1. The summed E-state index contributed by atoms with van der Waals surface area (Å²) in [5.41, 5.74) is 1.78. The highest BCUT2D eigenvalue weighted by molar-refractivity contribution is 5.96. The van der Waals surface area contributed by atoms with E-state index in [1.165, 1.54) is 0 Å². The first-order chi connectivity index (χ1) is 10.2. The minimum Gasteiger partial charge on any atom is -0.492 e. The van der Waals surface area contributed by atoms with Crippen molar-refractivity contribution >= 4 is 11.6 Å². The van der Waals surface area contributed by atoms with Crippen molar-refractivity contribution in [2.45, 2.75) is 45.3 Å². The molecule has 1 aromatic rings. The van der Waals surface area contributed by atoms with Crippen LogP contribution in [0.3, 0.4) is 0 Å². The average molecular weight is 291 g/mol. The molecule has 2 aliphatic rings. The van der Waals surface area contributed by atoms with Crippen molar-refractivity contribution in [1.29, 1.82) is 0 Å². The van der Waals surface area contributed by atoms with Crippen LogP contribution >= 0.6 is 0 Å². The quantitative estimate of drug-likeness (QED) is 0.926. The van der Waals surface area contributed by atoms with E-state index in [4.69, 9.17) is 14.2 Å². The minimum absolute atomic E-state index is 0.112. The van der Waals surface area contributed by atoms with Gasteiger partial charge in [-0.05, 0) is 32.8 Å². The predicted octanol–water partition coefficient (Wildman–Crippen LogP) is 2.53. The lowest BCUT2D eigenvalue weighted by Gasteiger charge is -2.15. The van der Waals surface area contributed by atoms with E-state index in [2.05, 4.69) is 5.32 Å². The number of rotatable bonds is 4. The monoisotopic (exact) mass is 291 g/mol. The van der Waals surface area contributed by atoms with Gasteiger partial charge in [-0.1, -0.05) is 0 Å². The van der Waals surface area contributed by atoms with Gasteiger partial charge in [-0.25, -0.2) is 0 Å². The largest absolute Gasteiger partial charge is 0.492 e. The number of benzene rings is 1. The molecule has 0 bridgehead atoms. The number of hydrogen-bond acceptors (Lipinski definition) is 4. The summed E-state index contributed by atoms with van der Waals surface area (Å²) < 4.78 is 16.8. The Bertz CT molecular complexity index is 537. The smallest absolute Gasteiger partial charge is 0.253 e. The summed E-state index contributed by atoms with van der Waals surface area (Å²) in [6.45, 7) is 5.17. The minimum atomic E-state index is -0.354. The highest BCUT2D eigenvalue weighted by Gasteiger charge is 2.26. The van der Waals surface area contributed by atoms with Gasteiger partial charge >= 0.3 is 0 Å². The summed E-state index contributed by atoms with van der Waals surface area (Å²) in [4.78, 5) is 12.2. The van der Waals surface area contributed by atoms with Gasteiger partial charge in [-0.3, -0.25) is 4.79 Å². The zero-order valence-electron chi connectivity index (χ0n) is 12.5. The maximum absolute atomic E-state index is 12.2. The second-order valence-electron chi connectivity index (χ2n) is 5.51. The Hall–Kier alpha value is -1.75. The van der Waals surface area contributed by atoms with Gasteiger partial charge in [-0.15, -0.1) is 0 Å². The Labute approximate surface area is 124 Å². The molecule has 1 saturated heterocycles. The highest BCUT2D eigenvalue weighted by Crippen LogP contribution is 2.38. The van der Waals surface area contributed by atoms with E-state index in [1.807, 2.05) is 26.0 Å². The summed E-state index contributed by atoms with van der Waals surface area (Å²) >= 11 is 0. The van der Waals surface area contributed by atoms with Crippen molar-refractivity contribution < 1.29 is 19.0 Å². The normalized spacial score (nSPS) is 23.5. The molecule has 3 rings (SSSR count). The van der Waals surface area contributed by atoms with Crippen LogP contribution in [0.4, 0.5) is 5.69 Å². The van der Waals surface area contributed by atoms with Crippen molar-refractivity contribution in [3.05, 3.63) is 17.7 Å². The Morgan fingerprint density at radius 1 is 1.48 bits per heavy atom. The number of hydrogen-bond donors (Lipinski definition) is 1. The summed E-state index contributed by atoms with van der Waals surface area (Å²) in [5, 5.41) is 2.91. The van der Waals surface area contributed by atoms with Crippen LogP contribution in [0.1, 0.15) is 32.3 Å². The fourth-order valence-electron chi connectivity index (χ4n) is 2.81. The lowest BCUT2D eigenvalue weighted by atomic mass is 10.1. The Morgan fingerprint density at radius 2 is 2.33 bits per heavy atom. The second-order valence-corrected chi connectivity index (χ2v) is 5.51. The van der Waals surface area contributed by atoms with Crippen molar-refractivity contribution in [1.82, 2.24) is 0 Å². The number of nitrogens with one attached hydrogen (secondary N) is 1. The van der Waals surface area contributed by atoms with Crippen LogP contribution in [0.25, 0.3) is 0 Å². The summed E-state index contributed by atoms with van der Waals surface area (Å²) in [6.07, 6.45) is 2.39. The van der Waals surface area contributed by atoms with Gasteiger partial charge < -0.3 is 19.5 Å². The second kappa shape index (κ2) is 5.93. The molecule has 0 unspecified atom stereocenters. The van der Waals surface area contributed by atoms with E-state index >= 15 is 0 Å². The molecule has 2 aliphatic heterocycles. The number of carbonyl (C=O) groups excluding carboxylic acids is 1. The van der Waals surface area contributed by atoms with Gasteiger partial charge in [0.05, 0.1) is 12.3 Å². The first kappa shape index (κ1) is 14.2. The number of amides is 1. The van der Waals surface area contributed by atoms with Gasteiger partial charge in [0.15, 0.2) is 0 Å². The van der Waals surface area contributed by atoms with Gasteiger partial charge in [0.2, 0.25) is 0 Å². The SMILES string of the molecule is CCOc1cc2c(cc1NC(=O)[C@H]1CCCO1)O[C@H](C)C2. The topological polar surface area (TPSA) is 56.8 Å². The Kier molecular flexibility index (Phi) is 4.01. The molecule has 2 atom stereocenters. The fourth-order valence-corrected chi connectivity index (χ4v) is 2.81. The predicted molar refractivity (Wildman–Crippen MR) is 79.0 cm³/mol. The zero-order chi connectivity index (χ0) is 14.8. The molecular formula is C16H21NO4. The maximum Gasteiger partial charge on any atom is 0.253 e. The first-order valence-electron chi connectivity index (χ1n) is 7.56. The molecule has 0 aromatic heterocycles. The van der Waals surface area contributed by atoms with E-state index in [1.54, 1.807) is 0 Å². The average Bonchev–Trinajstić information content (AvgIpc) is 3.07. The van der Waals surface area contributed by atoms with Crippen LogP contribution in [-0.2, 0) is 16.0 Å². The molecule has 1 aromatic carbocycles. The van der Waals surface area contributed by atoms with Crippen LogP contribution in [0, 0.1) is 0 Å². The number of carbonyl (C=O) groups is 1. The van der Waals surface area contributed by atoms with Crippen LogP contribution < -0.4 is 14.8 Å². The Morgan fingerprint density at radius 3 is 3.05 bits per heavy atom. The fraction of sp³-hybridized carbons (Fsp3) is 0.562. The molecule has 21 heavy (non-hydrogen) atoms. The van der Waals surface area contributed by atoms with Gasteiger partial charge in [0.25, 0.3) is 5.91 Å². The zero-order valence-corrected chi connectivity index (χ0v) is 12.5. The van der Waals surface area contributed by atoms with Gasteiger partial charge in [0, 0.05) is 24.7 Å². The molecular weight excluding hydrogens is 270 g/mol. The van der Waals surface area contributed by atoms with Gasteiger partial charge in [-0.2, -0.15) is 0 Å². The molecule has 0 radical (unpaired) electrons. The van der Waals surface area contributed by atoms with Crippen molar-refractivity contribution in [3.63, 3.8) is 0 Å². The molecule has 0 saturated carbocycles. The molecule has 0 spiro atoms. The van der Waals surface area contributed by atoms with E-state index in [0.717, 1.165) is 30.6 Å². The number of fused-ring (bicyclic) bond motifs is 1. The molecule has 1 N–H and O–H groups in total. The summed E-state index contributed by atoms with van der Waals surface area (Å²) in [7, 11) is 0. The lowest BCUT2D eigenvalue weighted by molar-refractivity contribution is -0.124. The van der Waals surface area contributed by atoms with E-state index in [9.17, 15) is 4.79 Å². The van der Waals surface area contributed by atoms with Crippen LogP contribution in [-0.4, -0.2) is 31.3 Å². The van der Waals surface area contributed by atoms with Crippen molar-refractivity contribution in [2.75, 3.05) is 18.5 Å². The van der Waals surface area contributed by atoms with E-state index < -0.39 is 0 Å². The van der Waals surface area contributed by atoms with E-state index in [0.29, 0.717) is 24.7 Å². The van der Waals surface area contributed by atoms with Crippen LogP contribution in [0.5, 0.6) is 11.5 Å². The number of ether oxygens (including phenoxy) is 3. The van der Waals surface area contributed by atoms with Crippen LogP contribution in [0.15, 0.2) is 12.1 Å². The Balaban J connectivity index is 1.82. The molecule has 2 heterocycles. The summed E-state index contributed by atoms with van der Waals surface area (Å²) in [5.74, 6) is 1.41. The highest BCUT2D eigenvalue weighted by atomic mass is 16.5. The molecule has 1 fully saturated rings. The third-order valence-corrected chi connectivity index (χ3v) is 3.78. The molecule has 0 aliphatic carbocycles. The van der Waals surface area contributed by atoms with Crippen molar-refractivity contribution in [3.8, 4) is 11.5 Å².